The molecule has 28 heavy (non-hydrogen) atoms. The zero-order valence-corrected chi connectivity index (χ0v) is 17.3. The molecular formula is C24H32O4. The predicted octanol–water partition coefficient (Wildman–Crippen LogP) is 4.53. The van der Waals surface area contributed by atoms with Crippen LogP contribution >= 0.6 is 0 Å². The number of esters is 1. The number of carbonyl (C=O) groups excluding carboxylic acids is 1. The van der Waals surface area contributed by atoms with Gasteiger partial charge in [-0.05, 0) is 44.2 Å². The number of aliphatic hydroxyl groups is 1. The summed E-state index contributed by atoms with van der Waals surface area (Å²) in [5, 5.41) is 11.1. The van der Waals surface area contributed by atoms with Crippen molar-refractivity contribution in [1.29, 1.82) is 0 Å². The molecule has 1 aliphatic heterocycles. The molecule has 4 nitrogen and oxygen atoms in total. The molecule has 5 unspecified atom stereocenters. The van der Waals surface area contributed by atoms with Crippen LogP contribution in [0.5, 0.6) is 0 Å². The van der Waals surface area contributed by atoms with Gasteiger partial charge in [0.1, 0.15) is 12.2 Å². The lowest BCUT2D eigenvalue weighted by Crippen LogP contribution is -2.43. The van der Waals surface area contributed by atoms with Crippen LogP contribution in [0.25, 0.3) is 6.08 Å². The maximum absolute atomic E-state index is 12.5. The Morgan fingerprint density at radius 2 is 2.04 bits per heavy atom. The Morgan fingerprint density at radius 1 is 1.32 bits per heavy atom. The minimum Gasteiger partial charge on any atom is -0.458 e. The number of benzene rings is 1. The summed E-state index contributed by atoms with van der Waals surface area (Å²) in [4.78, 5) is 12.5. The molecule has 1 heterocycles. The first-order valence-corrected chi connectivity index (χ1v) is 10.3. The number of epoxide rings is 1. The van der Waals surface area contributed by atoms with E-state index in [1.807, 2.05) is 30.3 Å². The number of allylic oxidation sites excluding steroid dienone is 1. The van der Waals surface area contributed by atoms with Crippen LogP contribution in [0.1, 0.15) is 52.5 Å². The molecular weight excluding hydrogens is 352 g/mol. The van der Waals surface area contributed by atoms with Crippen LogP contribution in [0, 0.1) is 11.8 Å². The van der Waals surface area contributed by atoms with Crippen LogP contribution in [-0.2, 0) is 14.3 Å². The van der Waals surface area contributed by atoms with Crippen LogP contribution in [-0.4, -0.2) is 35.0 Å². The van der Waals surface area contributed by atoms with E-state index < -0.39 is 6.10 Å². The number of carbonyl (C=O) groups is 1. The highest BCUT2D eigenvalue weighted by atomic mass is 16.6. The van der Waals surface area contributed by atoms with Crippen LogP contribution in [0.15, 0.2) is 48.1 Å². The number of rotatable bonds is 4. The first-order chi connectivity index (χ1) is 13.3. The van der Waals surface area contributed by atoms with E-state index in [4.69, 9.17) is 9.47 Å². The molecule has 1 fully saturated rings. The second kappa shape index (κ2) is 8.62. The minimum atomic E-state index is -0.646. The lowest BCUT2D eigenvalue weighted by Gasteiger charge is -2.34. The average Bonchev–Trinajstić information content (AvgIpc) is 3.31. The number of hydrogen-bond donors (Lipinski definition) is 1. The third-order valence-electron chi connectivity index (χ3n) is 5.98. The Morgan fingerprint density at radius 3 is 2.71 bits per heavy atom. The summed E-state index contributed by atoms with van der Waals surface area (Å²) in [6, 6.07) is 9.67. The number of hydrogen-bond acceptors (Lipinski definition) is 4. The maximum Gasteiger partial charge on any atom is 0.331 e. The predicted molar refractivity (Wildman–Crippen MR) is 111 cm³/mol. The molecule has 0 spiro atoms. The quantitative estimate of drug-likeness (QED) is 0.359. The fraction of sp³-hybridized carbons (Fsp3) is 0.542. The van der Waals surface area contributed by atoms with Gasteiger partial charge in [0.05, 0.1) is 11.7 Å². The zero-order valence-electron chi connectivity index (χ0n) is 17.3. The van der Waals surface area contributed by atoms with Crippen molar-refractivity contribution in [2.45, 2.75) is 70.9 Å². The second-order valence-corrected chi connectivity index (χ2v) is 8.68. The fourth-order valence-electron chi connectivity index (χ4n) is 4.31. The second-order valence-electron chi connectivity index (χ2n) is 8.68. The number of ether oxygens (including phenoxy) is 2. The summed E-state index contributed by atoms with van der Waals surface area (Å²) in [5.74, 6) is -0.398. The summed E-state index contributed by atoms with van der Waals surface area (Å²) in [6.45, 7) is 8.27. The number of fused-ring (bicyclic) bond motifs is 1. The van der Waals surface area contributed by atoms with E-state index in [2.05, 4.69) is 33.8 Å². The van der Waals surface area contributed by atoms with E-state index in [0.717, 1.165) is 18.4 Å². The fourth-order valence-corrected chi connectivity index (χ4v) is 4.31. The molecule has 0 aromatic heterocycles. The molecule has 1 aromatic rings. The van der Waals surface area contributed by atoms with Crippen LogP contribution in [0.3, 0.4) is 0 Å². The molecule has 4 heteroatoms. The van der Waals surface area contributed by atoms with E-state index in [-0.39, 0.29) is 35.6 Å². The van der Waals surface area contributed by atoms with Crippen LogP contribution < -0.4 is 0 Å². The van der Waals surface area contributed by atoms with E-state index in [1.54, 1.807) is 6.08 Å². The SMILES string of the molecule is C/C1=C/CCC2(C)OC2C(O)C(C(C)C)C(OC(=O)/C=C/c2ccccc2)C1. The van der Waals surface area contributed by atoms with Crippen molar-refractivity contribution in [2.24, 2.45) is 11.8 Å². The Balaban J connectivity index is 1.79. The molecule has 0 saturated carbocycles. The van der Waals surface area contributed by atoms with Crippen LogP contribution in [0.4, 0.5) is 0 Å². The standard InChI is InChI=1S/C24H32O4/c1-16(2)21-19(27-20(25)13-12-18-10-6-5-7-11-18)15-17(3)9-8-14-24(4)23(28-24)22(21)26/h5-7,9-13,16,19,21-23,26H,8,14-15H2,1-4H3/b13-12+,17-9-. The Kier molecular flexibility index (Phi) is 6.41. The molecule has 152 valence electrons. The third-order valence-corrected chi connectivity index (χ3v) is 5.98. The van der Waals surface area contributed by atoms with Gasteiger partial charge in [0, 0.05) is 18.4 Å². The van der Waals surface area contributed by atoms with Crippen molar-refractivity contribution >= 4 is 12.0 Å². The molecule has 3 rings (SSSR count). The van der Waals surface area contributed by atoms with Gasteiger partial charge >= 0.3 is 5.97 Å². The van der Waals surface area contributed by atoms with Gasteiger partial charge in [0.15, 0.2) is 0 Å². The minimum absolute atomic E-state index is 0.159. The number of aliphatic hydroxyl groups excluding tert-OH is 1. The summed E-state index contributed by atoms with van der Waals surface area (Å²) in [7, 11) is 0. The molecule has 1 aliphatic carbocycles. The summed E-state index contributed by atoms with van der Waals surface area (Å²) in [6.07, 6.45) is 6.66. The zero-order chi connectivity index (χ0) is 20.3. The lowest BCUT2D eigenvalue weighted by molar-refractivity contribution is -0.150. The molecule has 0 radical (unpaired) electrons. The third kappa shape index (κ3) is 4.92. The molecule has 0 amide bonds. The van der Waals surface area contributed by atoms with Gasteiger partial charge < -0.3 is 14.6 Å². The van der Waals surface area contributed by atoms with Gasteiger partial charge in [-0.1, -0.05) is 55.8 Å². The highest BCUT2D eigenvalue weighted by molar-refractivity contribution is 5.87. The van der Waals surface area contributed by atoms with Crippen molar-refractivity contribution in [3.8, 4) is 0 Å². The first-order valence-electron chi connectivity index (χ1n) is 10.3. The van der Waals surface area contributed by atoms with Crippen molar-refractivity contribution < 1.29 is 19.4 Å². The van der Waals surface area contributed by atoms with Gasteiger partial charge in [-0.25, -0.2) is 4.79 Å². The van der Waals surface area contributed by atoms with Crippen molar-refractivity contribution in [3.05, 3.63) is 53.6 Å². The normalized spacial score (nSPS) is 35.1. The molecule has 0 bridgehead atoms. The smallest absolute Gasteiger partial charge is 0.331 e. The Bertz CT molecular complexity index is 736. The summed E-state index contributed by atoms with van der Waals surface area (Å²) in [5.41, 5.74) is 1.86. The van der Waals surface area contributed by atoms with Gasteiger partial charge in [-0.3, -0.25) is 0 Å². The van der Waals surface area contributed by atoms with E-state index in [0.29, 0.717) is 6.42 Å². The molecule has 1 N–H and O–H groups in total. The van der Waals surface area contributed by atoms with Crippen molar-refractivity contribution in [2.75, 3.05) is 0 Å². The van der Waals surface area contributed by atoms with E-state index >= 15 is 0 Å². The Labute approximate surface area is 168 Å². The van der Waals surface area contributed by atoms with Crippen molar-refractivity contribution in [1.82, 2.24) is 0 Å². The van der Waals surface area contributed by atoms with Gasteiger partial charge in [0.2, 0.25) is 0 Å². The van der Waals surface area contributed by atoms with E-state index in [1.165, 1.54) is 11.6 Å². The summed E-state index contributed by atoms with van der Waals surface area (Å²) < 4.78 is 11.8. The van der Waals surface area contributed by atoms with Gasteiger partial charge in [-0.2, -0.15) is 0 Å². The highest BCUT2D eigenvalue weighted by Gasteiger charge is 2.58. The summed E-state index contributed by atoms with van der Waals surface area (Å²) >= 11 is 0. The maximum atomic E-state index is 12.5. The largest absolute Gasteiger partial charge is 0.458 e. The lowest BCUT2D eigenvalue weighted by atomic mass is 9.78. The van der Waals surface area contributed by atoms with Gasteiger partial charge in [0.25, 0.3) is 0 Å². The molecule has 2 aliphatic rings. The van der Waals surface area contributed by atoms with Crippen molar-refractivity contribution in [3.63, 3.8) is 0 Å². The highest BCUT2D eigenvalue weighted by Crippen LogP contribution is 2.47. The average molecular weight is 385 g/mol. The monoisotopic (exact) mass is 384 g/mol. The Hall–Kier alpha value is -1.91. The first kappa shape index (κ1) is 20.8. The van der Waals surface area contributed by atoms with Crippen LogP contribution in [0.2, 0.25) is 0 Å². The molecule has 1 saturated heterocycles. The van der Waals surface area contributed by atoms with E-state index in [9.17, 15) is 9.90 Å². The molecule has 1 aromatic carbocycles. The topological polar surface area (TPSA) is 59.1 Å². The molecule has 5 atom stereocenters. The van der Waals surface area contributed by atoms with Gasteiger partial charge in [-0.15, -0.1) is 0 Å².